The largest absolute Gasteiger partial charge is 0.490 e. The molecule has 3 aliphatic heterocycles. The molecule has 1 unspecified atom stereocenters. The highest BCUT2D eigenvalue weighted by molar-refractivity contribution is 5.87. The van der Waals surface area contributed by atoms with Gasteiger partial charge in [-0.05, 0) is 38.4 Å². The Labute approximate surface area is 241 Å². The molecule has 5 heterocycles. The van der Waals surface area contributed by atoms with E-state index in [9.17, 15) is 31.1 Å². The predicted octanol–water partition coefficient (Wildman–Crippen LogP) is 2.43. The van der Waals surface area contributed by atoms with Crippen molar-refractivity contribution >= 4 is 23.8 Å². The number of fused-ring (bicyclic) bond motifs is 1. The minimum atomic E-state index is -5.08. The number of aryl methyl sites for hydroxylation is 1. The zero-order valence-corrected chi connectivity index (χ0v) is 23.3. The van der Waals surface area contributed by atoms with E-state index < -0.39 is 24.3 Å². The van der Waals surface area contributed by atoms with Crippen LogP contribution in [0, 0.1) is 10.8 Å². The SMILES string of the molecule is CN1CCC2(CN(c3ncccn3)CC23CCN(Cc2cnn(C)c2)CC3)C1=O.O=C(O)C(F)(F)F.O=C(O)C(F)(F)F. The summed E-state index contributed by atoms with van der Waals surface area (Å²) in [6.45, 7) is 5.41. The van der Waals surface area contributed by atoms with Gasteiger partial charge in [0.25, 0.3) is 0 Å². The van der Waals surface area contributed by atoms with Gasteiger partial charge in [-0.3, -0.25) is 14.4 Å². The smallest absolute Gasteiger partial charge is 0.475 e. The number of carboxylic acids is 2. The number of carbonyl (C=O) groups is 3. The molecule has 2 aromatic heterocycles. The summed E-state index contributed by atoms with van der Waals surface area (Å²) in [7, 11) is 3.91. The Morgan fingerprint density at radius 3 is 1.86 bits per heavy atom. The number of piperidine rings is 1. The summed E-state index contributed by atoms with van der Waals surface area (Å²) in [5, 5.41) is 18.5. The highest BCUT2D eigenvalue weighted by Gasteiger charge is 2.65. The standard InChI is InChI=1S/C21H29N7O.2C2HF3O2/c1-25-9-6-21(18(25)29)16-28(19-22-7-3-8-23-19)15-20(21)4-10-27(11-5-20)14-17-12-24-26(2)13-17;2*3-2(4,5)1(6)7/h3,7-8,12-13H,4-6,9-11,14-16H2,1-2H3;2*(H,6,7). The minimum Gasteiger partial charge on any atom is -0.475 e. The van der Waals surface area contributed by atoms with E-state index in [4.69, 9.17) is 19.8 Å². The molecule has 18 heteroatoms. The maximum absolute atomic E-state index is 13.4. The summed E-state index contributed by atoms with van der Waals surface area (Å²) in [6.07, 6.45) is 0.468. The molecule has 3 fully saturated rings. The van der Waals surface area contributed by atoms with Gasteiger partial charge in [0, 0.05) is 69.8 Å². The number of anilines is 1. The van der Waals surface area contributed by atoms with Crippen molar-refractivity contribution in [3.63, 3.8) is 0 Å². The number of amides is 1. The van der Waals surface area contributed by atoms with Gasteiger partial charge in [0.15, 0.2) is 0 Å². The van der Waals surface area contributed by atoms with Crippen LogP contribution in [0.15, 0.2) is 30.9 Å². The van der Waals surface area contributed by atoms with Crippen LogP contribution in [0.5, 0.6) is 0 Å². The second kappa shape index (κ2) is 12.7. The topological polar surface area (TPSA) is 145 Å². The van der Waals surface area contributed by atoms with Crippen molar-refractivity contribution in [2.45, 2.75) is 38.2 Å². The Hall–Kier alpha value is -3.96. The summed E-state index contributed by atoms with van der Waals surface area (Å²) in [5.74, 6) is -4.44. The first-order valence-corrected chi connectivity index (χ1v) is 13.0. The molecular weight excluding hydrogens is 592 g/mol. The quantitative estimate of drug-likeness (QED) is 0.489. The second-order valence-electron chi connectivity index (χ2n) is 10.6. The molecule has 43 heavy (non-hydrogen) atoms. The number of rotatable bonds is 3. The Morgan fingerprint density at radius 2 is 1.44 bits per heavy atom. The molecule has 238 valence electrons. The average molecular weight is 624 g/mol. The lowest BCUT2D eigenvalue weighted by Crippen LogP contribution is -2.52. The van der Waals surface area contributed by atoms with Crippen molar-refractivity contribution in [3.05, 3.63) is 36.4 Å². The van der Waals surface area contributed by atoms with Crippen LogP contribution in [0.1, 0.15) is 24.8 Å². The molecule has 2 N–H and O–H groups in total. The van der Waals surface area contributed by atoms with Gasteiger partial charge in [-0.25, -0.2) is 19.6 Å². The lowest BCUT2D eigenvalue weighted by molar-refractivity contribution is -0.193. The van der Waals surface area contributed by atoms with Gasteiger partial charge in [0.05, 0.1) is 11.6 Å². The van der Waals surface area contributed by atoms with Crippen molar-refractivity contribution in [3.8, 4) is 0 Å². The number of nitrogens with zero attached hydrogens (tertiary/aromatic N) is 7. The Balaban J connectivity index is 0.000000303. The molecule has 2 aromatic rings. The van der Waals surface area contributed by atoms with Gasteiger partial charge in [-0.1, -0.05) is 0 Å². The van der Waals surface area contributed by atoms with Gasteiger partial charge in [0.1, 0.15) is 0 Å². The van der Waals surface area contributed by atoms with Crippen molar-refractivity contribution in [1.29, 1.82) is 0 Å². The third kappa shape index (κ3) is 7.71. The fraction of sp³-hybridized carbons (Fsp3) is 0.600. The summed E-state index contributed by atoms with van der Waals surface area (Å²) < 4.78 is 65.3. The van der Waals surface area contributed by atoms with Crippen LogP contribution in [0.3, 0.4) is 0 Å². The number of alkyl halides is 6. The van der Waals surface area contributed by atoms with Crippen molar-refractivity contribution in [1.82, 2.24) is 29.5 Å². The number of likely N-dealkylation sites (tertiary alicyclic amines) is 2. The summed E-state index contributed by atoms with van der Waals surface area (Å²) in [5.41, 5.74) is 0.946. The number of aliphatic carboxylic acids is 2. The number of halogens is 6. The van der Waals surface area contributed by atoms with Crippen LogP contribution in [-0.2, 0) is 28.0 Å². The van der Waals surface area contributed by atoms with E-state index in [1.807, 2.05) is 35.9 Å². The van der Waals surface area contributed by atoms with Crippen LogP contribution in [0.25, 0.3) is 0 Å². The molecular formula is C25H31F6N7O5. The number of hydrogen-bond acceptors (Lipinski definition) is 8. The maximum Gasteiger partial charge on any atom is 0.490 e. The summed E-state index contributed by atoms with van der Waals surface area (Å²) >= 11 is 0. The average Bonchev–Trinajstić information content (AvgIpc) is 3.58. The molecule has 5 rings (SSSR count). The number of hydrogen-bond donors (Lipinski definition) is 2. The number of aromatic nitrogens is 4. The van der Waals surface area contributed by atoms with Gasteiger partial charge in [-0.2, -0.15) is 31.4 Å². The highest BCUT2D eigenvalue weighted by Crippen LogP contribution is 2.58. The Kier molecular flexibility index (Phi) is 9.93. The second-order valence-corrected chi connectivity index (χ2v) is 10.6. The zero-order valence-electron chi connectivity index (χ0n) is 23.3. The molecule has 0 aromatic carbocycles. The highest BCUT2D eigenvalue weighted by atomic mass is 19.4. The van der Waals surface area contributed by atoms with E-state index in [0.29, 0.717) is 5.91 Å². The van der Waals surface area contributed by atoms with Crippen molar-refractivity contribution < 1.29 is 50.9 Å². The molecule has 0 radical (unpaired) electrons. The van der Waals surface area contributed by atoms with E-state index in [2.05, 4.69) is 31.1 Å². The monoisotopic (exact) mass is 623 g/mol. The van der Waals surface area contributed by atoms with Gasteiger partial charge >= 0.3 is 24.3 Å². The van der Waals surface area contributed by atoms with Gasteiger partial charge in [0.2, 0.25) is 11.9 Å². The van der Waals surface area contributed by atoms with E-state index in [0.717, 1.165) is 64.5 Å². The molecule has 1 atom stereocenters. The van der Waals surface area contributed by atoms with Crippen molar-refractivity contribution in [2.75, 3.05) is 44.7 Å². The van der Waals surface area contributed by atoms with Crippen LogP contribution in [-0.4, -0.2) is 110 Å². The Morgan fingerprint density at radius 1 is 0.907 bits per heavy atom. The van der Waals surface area contributed by atoms with Gasteiger partial charge in [-0.15, -0.1) is 0 Å². The molecule has 12 nitrogen and oxygen atoms in total. The van der Waals surface area contributed by atoms with Crippen LogP contribution in [0.4, 0.5) is 32.3 Å². The minimum absolute atomic E-state index is 0.000513. The normalized spacial score (nSPS) is 21.8. The zero-order chi connectivity index (χ0) is 32.2. The fourth-order valence-corrected chi connectivity index (χ4v) is 5.82. The molecule has 1 amide bonds. The molecule has 2 spiro atoms. The molecule has 0 bridgehead atoms. The van der Waals surface area contributed by atoms with Gasteiger partial charge < -0.3 is 20.0 Å². The summed E-state index contributed by atoms with van der Waals surface area (Å²) in [6, 6.07) is 1.84. The number of carboxylic acid groups (broad SMARTS) is 2. The predicted molar refractivity (Wildman–Crippen MR) is 136 cm³/mol. The fourth-order valence-electron chi connectivity index (χ4n) is 5.82. The molecule has 3 saturated heterocycles. The van der Waals surface area contributed by atoms with Crippen LogP contribution < -0.4 is 4.90 Å². The third-order valence-corrected chi connectivity index (χ3v) is 7.90. The maximum atomic E-state index is 13.4. The molecule has 0 saturated carbocycles. The van der Waals surface area contributed by atoms with Crippen molar-refractivity contribution in [2.24, 2.45) is 17.9 Å². The van der Waals surface area contributed by atoms with E-state index >= 15 is 0 Å². The first-order chi connectivity index (χ1) is 19.9. The van der Waals surface area contributed by atoms with E-state index in [1.54, 1.807) is 12.4 Å². The Bertz CT molecular complexity index is 1260. The first-order valence-electron chi connectivity index (χ1n) is 13.0. The number of carbonyl (C=O) groups excluding carboxylic acids is 1. The van der Waals surface area contributed by atoms with Crippen LogP contribution in [0.2, 0.25) is 0 Å². The first kappa shape index (κ1) is 33.5. The lowest BCUT2D eigenvalue weighted by atomic mass is 9.60. The van der Waals surface area contributed by atoms with E-state index in [-0.39, 0.29) is 10.8 Å². The lowest BCUT2D eigenvalue weighted by Gasteiger charge is -2.46. The van der Waals surface area contributed by atoms with E-state index in [1.165, 1.54) is 5.56 Å². The molecule has 0 aliphatic carbocycles. The third-order valence-electron chi connectivity index (χ3n) is 7.90. The summed E-state index contributed by atoms with van der Waals surface area (Å²) in [4.78, 5) is 46.8. The van der Waals surface area contributed by atoms with Crippen LogP contribution >= 0.6 is 0 Å². The molecule has 3 aliphatic rings.